The van der Waals surface area contributed by atoms with Crippen LogP contribution in [0.5, 0.6) is 0 Å². The third-order valence-corrected chi connectivity index (χ3v) is 3.65. The highest BCUT2D eigenvalue weighted by atomic mass is 16.5. The van der Waals surface area contributed by atoms with Crippen molar-refractivity contribution in [1.82, 2.24) is 14.3 Å². The molecule has 1 saturated heterocycles. The summed E-state index contributed by atoms with van der Waals surface area (Å²) in [6.07, 6.45) is 4.08. The Morgan fingerprint density at radius 1 is 1.53 bits per heavy atom. The van der Waals surface area contributed by atoms with E-state index in [-0.39, 0.29) is 12.6 Å². The number of aromatic nitrogens is 2. The molecule has 2 aromatic heterocycles. The molecule has 1 atom stereocenters. The van der Waals surface area contributed by atoms with Gasteiger partial charge in [0.25, 0.3) is 0 Å². The number of morpholine rings is 1. The zero-order valence-electron chi connectivity index (χ0n) is 11.1. The molecule has 19 heavy (non-hydrogen) atoms. The van der Waals surface area contributed by atoms with E-state index in [1.54, 1.807) is 0 Å². The van der Waals surface area contributed by atoms with Gasteiger partial charge in [-0.05, 0) is 18.6 Å². The third kappa shape index (κ3) is 2.49. The van der Waals surface area contributed by atoms with Crippen LogP contribution in [0.4, 0.5) is 0 Å². The zero-order chi connectivity index (χ0) is 13.2. The predicted octanol–water partition coefficient (Wildman–Crippen LogP) is 0.836. The number of imidazole rings is 1. The Bertz CT molecular complexity index is 567. The minimum absolute atomic E-state index is 0.0830. The van der Waals surface area contributed by atoms with Crippen molar-refractivity contribution in [3.05, 3.63) is 35.8 Å². The summed E-state index contributed by atoms with van der Waals surface area (Å²) in [5, 5.41) is 9.38. The molecule has 0 spiro atoms. The van der Waals surface area contributed by atoms with E-state index in [4.69, 9.17) is 4.74 Å². The minimum Gasteiger partial charge on any atom is -0.395 e. The highest BCUT2D eigenvalue weighted by molar-refractivity contribution is 5.47. The van der Waals surface area contributed by atoms with Crippen LogP contribution in [0.1, 0.15) is 11.3 Å². The smallest absolute Gasteiger partial charge is 0.139 e. The fourth-order valence-electron chi connectivity index (χ4n) is 2.55. The van der Waals surface area contributed by atoms with Gasteiger partial charge in [0.1, 0.15) is 5.65 Å². The van der Waals surface area contributed by atoms with E-state index in [9.17, 15) is 5.11 Å². The van der Waals surface area contributed by atoms with Crippen molar-refractivity contribution in [3.63, 3.8) is 0 Å². The highest BCUT2D eigenvalue weighted by Gasteiger charge is 2.23. The van der Waals surface area contributed by atoms with Crippen molar-refractivity contribution in [2.45, 2.75) is 19.5 Å². The molecule has 3 heterocycles. The van der Waals surface area contributed by atoms with Gasteiger partial charge in [-0.3, -0.25) is 4.90 Å². The van der Waals surface area contributed by atoms with Gasteiger partial charge in [0.05, 0.1) is 31.6 Å². The van der Waals surface area contributed by atoms with E-state index >= 15 is 0 Å². The molecular weight excluding hydrogens is 242 g/mol. The fraction of sp³-hybridized carbons (Fsp3) is 0.500. The number of aliphatic hydroxyl groups is 1. The minimum atomic E-state index is 0.0830. The van der Waals surface area contributed by atoms with Crippen molar-refractivity contribution in [2.75, 3.05) is 26.4 Å². The monoisotopic (exact) mass is 261 g/mol. The maximum Gasteiger partial charge on any atom is 0.139 e. The maximum absolute atomic E-state index is 9.38. The average molecular weight is 261 g/mol. The molecule has 1 aliphatic rings. The van der Waals surface area contributed by atoms with Gasteiger partial charge in [0.2, 0.25) is 0 Å². The van der Waals surface area contributed by atoms with Gasteiger partial charge in [-0.1, -0.05) is 6.07 Å². The van der Waals surface area contributed by atoms with Crippen molar-refractivity contribution in [3.8, 4) is 0 Å². The molecule has 1 aliphatic heterocycles. The Balaban J connectivity index is 1.82. The van der Waals surface area contributed by atoms with Crippen LogP contribution in [0.2, 0.25) is 0 Å². The van der Waals surface area contributed by atoms with E-state index < -0.39 is 0 Å². The lowest BCUT2D eigenvalue weighted by Gasteiger charge is -2.33. The number of aliphatic hydroxyl groups excluding tert-OH is 1. The van der Waals surface area contributed by atoms with Crippen LogP contribution in [0, 0.1) is 6.92 Å². The number of rotatable bonds is 3. The third-order valence-electron chi connectivity index (χ3n) is 3.65. The lowest BCUT2D eigenvalue weighted by atomic mass is 10.2. The summed E-state index contributed by atoms with van der Waals surface area (Å²) in [6, 6.07) is 4.18. The van der Waals surface area contributed by atoms with Crippen molar-refractivity contribution in [1.29, 1.82) is 0 Å². The normalized spacial score (nSPS) is 21.1. The quantitative estimate of drug-likeness (QED) is 0.889. The summed E-state index contributed by atoms with van der Waals surface area (Å²) >= 11 is 0. The summed E-state index contributed by atoms with van der Waals surface area (Å²) in [5.74, 6) is 0. The van der Waals surface area contributed by atoms with Crippen molar-refractivity contribution < 1.29 is 9.84 Å². The Morgan fingerprint density at radius 3 is 3.21 bits per heavy atom. The van der Waals surface area contributed by atoms with E-state index in [1.165, 1.54) is 5.56 Å². The standard InChI is InChI=1S/C14H19N3O2/c1-11-3-2-4-17-8-12(15-14(11)17)7-16-5-6-19-10-13(16)9-18/h2-4,8,13,18H,5-7,9-10H2,1H3. The topological polar surface area (TPSA) is 50.0 Å². The zero-order valence-corrected chi connectivity index (χ0v) is 11.1. The van der Waals surface area contributed by atoms with Crippen LogP contribution < -0.4 is 0 Å². The SMILES string of the molecule is Cc1cccn2cc(CN3CCOCC3CO)nc12. The maximum atomic E-state index is 9.38. The summed E-state index contributed by atoms with van der Waals surface area (Å²) in [6.45, 7) is 5.13. The largest absolute Gasteiger partial charge is 0.395 e. The summed E-state index contributed by atoms with van der Waals surface area (Å²) in [4.78, 5) is 6.91. The van der Waals surface area contributed by atoms with Gasteiger partial charge in [-0.25, -0.2) is 4.98 Å². The Hall–Kier alpha value is -1.43. The molecule has 102 valence electrons. The van der Waals surface area contributed by atoms with Crippen molar-refractivity contribution in [2.24, 2.45) is 0 Å². The molecule has 1 unspecified atom stereocenters. The van der Waals surface area contributed by atoms with Crippen LogP contribution in [0.25, 0.3) is 5.65 Å². The van der Waals surface area contributed by atoms with Gasteiger partial charge < -0.3 is 14.2 Å². The van der Waals surface area contributed by atoms with Crippen LogP contribution in [-0.4, -0.2) is 51.8 Å². The van der Waals surface area contributed by atoms with Crippen LogP contribution in [-0.2, 0) is 11.3 Å². The molecule has 3 rings (SSSR count). The molecule has 0 amide bonds. The molecule has 2 aromatic rings. The number of fused-ring (bicyclic) bond motifs is 1. The summed E-state index contributed by atoms with van der Waals surface area (Å²) in [5.41, 5.74) is 3.22. The molecule has 0 radical (unpaired) electrons. The molecule has 5 heteroatoms. The lowest BCUT2D eigenvalue weighted by molar-refractivity contribution is -0.0316. The number of pyridine rings is 1. The first-order valence-electron chi connectivity index (χ1n) is 6.64. The van der Waals surface area contributed by atoms with Gasteiger partial charge in [0, 0.05) is 25.5 Å². The van der Waals surface area contributed by atoms with Crippen molar-refractivity contribution >= 4 is 5.65 Å². The number of nitrogens with zero attached hydrogens (tertiary/aromatic N) is 3. The molecule has 0 saturated carbocycles. The van der Waals surface area contributed by atoms with Gasteiger partial charge >= 0.3 is 0 Å². The molecular formula is C14H19N3O2. The number of ether oxygens (including phenoxy) is 1. The second-order valence-electron chi connectivity index (χ2n) is 5.04. The second-order valence-corrected chi connectivity index (χ2v) is 5.04. The summed E-state index contributed by atoms with van der Waals surface area (Å²) in [7, 11) is 0. The summed E-state index contributed by atoms with van der Waals surface area (Å²) < 4.78 is 7.45. The van der Waals surface area contributed by atoms with Gasteiger partial charge in [0.15, 0.2) is 0 Å². The Kier molecular flexibility index (Phi) is 3.50. The lowest BCUT2D eigenvalue weighted by Crippen LogP contribution is -2.46. The molecule has 0 aliphatic carbocycles. The van der Waals surface area contributed by atoms with E-state index in [0.29, 0.717) is 6.61 Å². The predicted molar refractivity (Wildman–Crippen MR) is 72.0 cm³/mol. The van der Waals surface area contributed by atoms with Crippen LogP contribution in [0.15, 0.2) is 24.5 Å². The first kappa shape index (κ1) is 12.6. The molecule has 0 bridgehead atoms. The number of aryl methyl sites for hydroxylation is 1. The Labute approximate surface area is 112 Å². The van der Waals surface area contributed by atoms with E-state index in [2.05, 4.69) is 33.5 Å². The molecule has 1 N–H and O–H groups in total. The molecule has 5 nitrogen and oxygen atoms in total. The first-order chi connectivity index (χ1) is 9.28. The molecule has 0 aromatic carbocycles. The fourth-order valence-corrected chi connectivity index (χ4v) is 2.55. The van der Waals surface area contributed by atoms with Crippen LogP contribution in [0.3, 0.4) is 0 Å². The van der Waals surface area contributed by atoms with E-state index in [0.717, 1.165) is 31.0 Å². The van der Waals surface area contributed by atoms with Gasteiger partial charge in [-0.2, -0.15) is 0 Å². The molecule has 1 fully saturated rings. The first-order valence-corrected chi connectivity index (χ1v) is 6.64. The van der Waals surface area contributed by atoms with Crippen LogP contribution >= 0.6 is 0 Å². The van der Waals surface area contributed by atoms with E-state index in [1.807, 2.05) is 12.3 Å². The van der Waals surface area contributed by atoms with Gasteiger partial charge in [-0.15, -0.1) is 0 Å². The number of hydrogen-bond donors (Lipinski definition) is 1. The average Bonchev–Trinajstić information content (AvgIpc) is 2.83. The second kappa shape index (κ2) is 5.28. The Morgan fingerprint density at radius 2 is 2.42 bits per heavy atom. The highest BCUT2D eigenvalue weighted by Crippen LogP contribution is 2.14. The number of hydrogen-bond acceptors (Lipinski definition) is 4.